The Bertz CT molecular complexity index is 823. The third-order valence-electron chi connectivity index (χ3n) is 4.71. The fourth-order valence-corrected chi connectivity index (χ4v) is 5.65. The fourth-order valence-electron chi connectivity index (χ4n) is 3.46. The summed E-state index contributed by atoms with van der Waals surface area (Å²) in [5, 5.41) is -0.440. The summed E-state index contributed by atoms with van der Waals surface area (Å²) < 4.78 is 24.3. The summed E-state index contributed by atoms with van der Waals surface area (Å²) in [6, 6.07) is 14.1. The third-order valence-corrected chi connectivity index (χ3v) is 7.26. The molecule has 1 saturated heterocycles. The second-order valence-corrected chi connectivity index (χ2v) is 8.47. The van der Waals surface area contributed by atoms with Crippen LogP contribution in [-0.2, 0) is 9.84 Å². The minimum absolute atomic E-state index is 0.173. The van der Waals surface area contributed by atoms with Gasteiger partial charge in [-0.2, -0.15) is 0 Å². The topological polar surface area (TPSA) is 47.0 Å². The average molecular weight is 311 g/mol. The SMILES string of the molecule is O=S1(=O)C2C=C(c3ccc(-c4ccccn4)cc3)CC1CC2. The Kier molecular flexibility index (Phi) is 3.15. The maximum absolute atomic E-state index is 12.1. The largest absolute Gasteiger partial charge is 0.256 e. The van der Waals surface area contributed by atoms with Crippen molar-refractivity contribution in [3.8, 4) is 11.3 Å². The first-order valence-corrected chi connectivity index (χ1v) is 9.21. The highest BCUT2D eigenvalue weighted by Crippen LogP contribution is 2.40. The Labute approximate surface area is 130 Å². The number of fused-ring (bicyclic) bond motifs is 2. The molecule has 0 radical (unpaired) electrons. The zero-order chi connectivity index (χ0) is 15.2. The van der Waals surface area contributed by atoms with E-state index in [0.29, 0.717) is 6.42 Å². The van der Waals surface area contributed by atoms with Gasteiger partial charge in [0.1, 0.15) is 0 Å². The lowest BCUT2D eigenvalue weighted by molar-refractivity contribution is 0.585. The zero-order valence-electron chi connectivity index (χ0n) is 12.1. The molecule has 1 aromatic heterocycles. The molecule has 4 rings (SSSR count). The zero-order valence-corrected chi connectivity index (χ0v) is 13.0. The number of benzene rings is 1. The summed E-state index contributed by atoms with van der Waals surface area (Å²) in [7, 11) is -2.91. The van der Waals surface area contributed by atoms with E-state index in [1.54, 1.807) is 6.20 Å². The summed E-state index contributed by atoms with van der Waals surface area (Å²) in [6.07, 6.45) is 5.99. The highest BCUT2D eigenvalue weighted by atomic mass is 32.2. The van der Waals surface area contributed by atoms with Crippen LogP contribution in [0.25, 0.3) is 16.8 Å². The van der Waals surface area contributed by atoms with Gasteiger partial charge in [0, 0.05) is 11.8 Å². The van der Waals surface area contributed by atoms with E-state index in [1.807, 2.05) is 24.3 Å². The monoisotopic (exact) mass is 311 g/mol. The Hall–Kier alpha value is -1.94. The number of nitrogens with zero attached hydrogens (tertiary/aromatic N) is 1. The molecule has 2 atom stereocenters. The molecule has 0 aliphatic carbocycles. The highest BCUT2D eigenvalue weighted by molar-refractivity contribution is 7.93. The van der Waals surface area contributed by atoms with Gasteiger partial charge in [0.05, 0.1) is 16.2 Å². The van der Waals surface area contributed by atoms with Crippen molar-refractivity contribution in [3.05, 3.63) is 60.3 Å². The Morgan fingerprint density at radius 1 is 0.955 bits per heavy atom. The molecule has 1 fully saturated rings. The number of hydrogen-bond donors (Lipinski definition) is 0. The highest BCUT2D eigenvalue weighted by Gasteiger charge is 2.43. The smallest absolute Gasteiger partial charge is 0.159 e. The van der Waals surface area contributed by atoms with Crippen molar-refractivity contribution in [1.29, 1.82) is 0 Å². The molecule has 4 heteroatoms. The second kappa shape index (κ2) is 5.06. The summed E-state index contributed by atoms with van der Waals surface area (Å²) in [5.41, 5.74) is 4.34. The van der Waals surface area contributed by atoms with E-state index in [0.717, 1.165) is 29.7 Å². The van der Waals surface area contributed by atoms with Gasteiger partial charge in [-0.25, -0.2) is 8.42 Å². The number of allylic oxidation sites excluding steroid dienone is 1. The number of rotatable bonds is 2. The lowest BCUT2D eigenvalue weighted by atomic mass is 9.99. The molecule has 0 spiro atoms. The van der Waals surface area contributed by atoms with E-state index >= 15 is 0 Å². The van der Waals surface area contributed by atoms with E-state index < -0.39 is 9.84 Å². The van der Waals surface area contributed by atoms with Crippen LogP contribution in [0.4, 0.5) is 0 Å². The standard InChI is InChI=1S/C18H17NO2S/c20-22(21)16-8-9-17(22)12-15(11-16)13-4-6-14(7-5-13)18-3-1-2-10-19-18/h1-7,10-11,16-17H,8-9,12H2. The number of sulfone groups is 1. The van der Waals surface area contributed by atoms with Crippen molar-refractivity contribution in [2.45, 2.75) is 29.8 Å². The number of hydrogen-bond acceptors (Lipinski definition) is 3. The van der Waals surface area contributed by atoms with Gasteiger partial charge in [-0.1, -0.05) is 36.4 Å². The van der Waals surface area contributed by atoms with Crippen LogP contribution >= 0.6 is 0 Å². The molecule has 2 unspecified atom stereocenters. The molecule has 0 N–H and O–H groups in total. The lowest BCUT2D eigenvalue weighted by Crippen LogP contribution is -2.26. The molecule has 3 nitrogen and oxygen atoms in total. The van der Waals surface area contributed by atoms with E-state index in [1.165, 1.54) is 5.57 Å². The van der Waals surface area contributed by atoms with Gasteiger partial charge in [-0.15, -0.1) is 0 Å². The fraction of sp³-hybridized carbons (Fsp3) is 0.278. The van der Waals surface area contributed by atoms with Gasteiger partial charge in [0.15, 0.2) is 9.84 Å². The first-order chi connectivity index (χ1) is 10.6. The number of pyridine rings is 1. The Balaban J connectivity index is 1.65. The van der Waals surface area contributed by atoms with E-state index in [-0.39, 0.29) is 10.5 Å². The molecule has 2 aromatic rings. The van der Waals surface area contributed by atoms with Crippen LogP contribution in [0.3, 0.4) is 0 Å². The minimum atomic E-state index is -2.91. The summed E-state index contributed by atoms with van der Waals surface area (Å²) >= 11 is 0. The summed E-state index contributed by atoms with van der Waals surface area (Å²) in [4.78, 5) is 4.35. The van der Waals surface area contributed by atoms with Gasteiger partial charge in [-0.3, -0.25) is 4.98 Å². The second-order valence-electron chi connectivity index (χ2n) is 6.02. The molecular formula is C18H17NO2S. The lowest BCUT2D eigenvalue weighted by Gasteiger charge is -2.20. The number of aromatic nitrogens is 1. The molecule has 22 heavy (non-hydrogen) atoms. The van der Waals surface area contributed by atoms with Crippen molar-refractivity contribution in [1.82, 2.24) is 4.98 Å². The van der Waals surface area contributed by atoms with E-state index in [4.69, 9.17) is 0 Å². The van der Waals surface area contributed by atoms with E-state index in [2.05, 4.69) is 29.2 Å². The molecule has 0 amide bonds. The maximum Gasteiger partial charge on any atom is 0.159 e. The minimum Gasteiger partial charge on any atom is -0.256 e. The normalized spacial score (nSPS) is 25.7. The maximum atomic E-state index is 12.1. The Morgan fingerprint density at radius 3 is 2.41 bits per heavy atom. The molecule has 3 heterocycles. The van der Waals surface area contributed by atoms with Crippen molar-refractivity contribution >= 4 is 15.4 Å². The van der Waals surface area contributed by atoms with Gasteiger partial charge in [0.2, 0.25) is 0 Å². The van der Waals surface area contributed by atoms with Crippen LogP contribution in [-0.4, -0.2) is 23.9 Å². The molecule has 0 saturated carbocycles. The molecule has 112 valence electrons. The Morgan fingerprint density at radius 2 is 1.73 bits per heavy atom. The van der Waals surface area contributed by atoms with Crippen LogP contribution in [0.1, 0.15) is 24.8 Å². The molecule has 2 aliphatic rings. The van der Waals surface area contributed by atoms with Crippen LogP contribution < -0.4 is 0 Å². The molecule has 2 bridgehead atoms. The van der Waals surface area contributed by atoms with Gasteiger partial charge in [0.25, 0.3) is 0 Å². The van der Waals surface area contributed by atoms with Crippen molar-refractivity contribution in [2.24, 2.45) is 0 Å². The van der Waals surface area contributed by atoms with Gasteiger partial charge < -0.3 is 0 Å². The molecule has 2 aliphatic heterocycles. The predicted octanol–water partition coefficient (Wildman–Crippen LogP) is 3.48. The molecule has 1 aromatic carbocycles. The first-order valence-electron chi connectivity index (χ1n) is 7.60. The van der Waals surface area contributed by atoms with Crippen molar-refractivity contribution < 1.29 is 8.42 Å². The summed E-state index contributed by atoms with van der Waals surface area (Å²) in [5.74, 6) is 0. The van der Waals surface area contributed by atoms with Gasteiger partial charge >= 0.3 is 0 Å². The van der Waals surface area contributed by atoms with Crippen LogP contribution in [0.2, 0.25) is 0 Å². The van der Waals surface area contributed by atoms with Crippen LogP contribution in [0, 0.1) is 0 Å². The quantitative estimate of drug-likeness (QED) is 0.853. The van der Waals surface area contributed by atoms with Crippen molar-refractivity contribution in [2.75, 3.05) is 0 Å². The molecular weight excluding hydrogens is 294 g/mol. The average Bonchev–Trinajstić information content (AvgIpc) is 2.73. The third kappa shape index (κ3) is 2.18. The van der Waals surface area contributed by atoms with Crippen LogP contribution in [0.5, 0.6) is 0 Å². The van der Waals surface area contributed by atoms with Gasteiger partial charge in [-0.05, 0) is 42.5 Å². The van der Waals surface area contributed by atoms with E-state index in [9.17, 15) is 8.42 Å². The summed E-state index contributed by atoms with van der Waals surface area (Å²) in [6.45, 7) is 0. The first kappa shape index (κ1) is 13.7. The van der Waals surface area contributed by atoms with Crippen molar-refractivity contribution in [3.63, 3.8) is 0 Å². The van der Waals surface area contributed by atoms with Crippen LogP contribution in [0.15, 0.2) is 54.7 Å². The predicted molar refractivity (Wildman–Crippen MR) is 88.0 cm³/mol.